The van der Waals surface area contributed by atoms with E-state index in [9.17, 15) is 0 Å². The first kappa shape index (κ1) is 19.7. The van der Waals surface area contributed by atoms with Crippen LogP contribution in [0.3, 0.4) is 0 Å². The van der Waals surface area contributed by atoms with Crippen molar-refractivity contribution < 1.29 is 4.42 Å². The third-order valence-corrected chi connectivity index (χ3v) is 4.59. The van der Waals surface area contributed by atoms with Gasteiger partial charge in [0.2, 0.25) is 11.8 Å². The van der Waals surface area contributed by atoms with Gasteiger partial charge in [-0.2, -0.15) is 0 Å². The molecule has 3 nitrogen and oxygen atoms in total. The lowest BCUT2D eigenvalue weighted by Gasteiger charge is -2.01. The molecular weight excluding hydrogens is 340 g/mol. The van der Waals surface area contributed by atoms with Crippen LogP contribution in [0.4, 0.5) is 0 Å². The van der Waals surface area contributed by atoms with Crippen molar-refractivity contribution in [2.75, 3.05) is 5.33 Å². The maximum atomic E-state index is 5.63. The molecule has 4 heteroatoms. The van der Waals surface area contributed by atoms with E-state index in [0.29, 0.717) is 0 Å². The Morgan fingerprint density at radius 1 is 0.682 bits per heavy atom. The van der Waals surface area contributed by atoms with Crippen LogP contribution >= 0.6 is 15.9 Å². The second kappa shape index (κ2) is 14.2. The SMILES string of the molecule is CCCCCCCCCCCCCc1nnc(CCCBr)o1. The fourth-order valence-corrected chi connectivity index (χ4v) is 2.93. The zero-order valence-corrected chi connectivity index (χ0v) is 15.9. The fraction of sp³-hybridized carbons (Fsp3) is 0.889. The molecule has 128 valence electrons. The van der Waals surface area contributed by atoms with Gasteiger partial charge in [-0.1, -0.05) is 87.1 Å². The van der Waals surface area contributed by atoms with Gasteiger partial charge < -0.3 is 4.42 Å². The molecule has 22 heavy (non-hydrogen) atoms. The monoisotopic (exact) mass is 372 g/mol. The first-order valence-corrected chi connectivity index (χ1v) is 10.4. The molecule has 0 fully saturated rings. The maximum absolute atomic E-state index is 5.63. The first-order valence-electron chi connectivity index (χ1n) is 9.24. The van der Waals surface area contributed by atoms with Crippen molar-refractivity contribution >= 4 is 15.9 Å². The van der Waals surface area contributed by atoms with E-state index >= 15 is 0 Å². The molecule has 0 unspecified atom stereocenters. The van der Waals surface area contributed by atoms with Crippen LogP contribution in [-0.4, -0.2) is 15.5 Å². The van der Waals surface area contributed by atoms with Crippen LogP contribution in [0.5, 0.6) is 0 Å². The van der Waals surface area contributed by atoms with Gasteiger partial charge in [0.05, 0.1) is 0 Å². The molecule has 0 saturated carbocycles. The van der Waals surface area contributed by atoms with Crippen LogP contribution in [0.2, 0.25) is 0 Å². The standard InChI is InChI=1S/C18H33BrN2O/c1-2-3-4-5-6-7-8-9-10-11-12-14-17-20-21-18(22-17)15-13-16-19/h2-16H2,1H3. The Balaban J connectivity index is 1.88. The molecule has 0 saturated heterocycles. The van der Waals surface area contributed by atoms with Gasteiger partial charge in [-0.25, -0.2) is 0 Å². The molecule has 0 aromatic carbocycles. The number of aromatic nitrogens is 2. The van der Waals surface area contributed by atoms with Crippen LogP contribution in [0.15, 0.2) is 4.42 Å². The maximum Gasteiger partial charge on any atom is 0.216 e. The van der Waals surface area contributed by atoms with E-state index in [1.54, 1.807) is 0 Å². The normalized spacial score (nSPS) is 11.2. The summed E-state index contributed by atoms with van der Waals surface area (Å²) in [5.74, 6) is 1.61. The summed E-state index contributed by atoms with van der Waals surface area (Å²) in [5.41, 5.74) is 0. The summed E-state index contributed by atoms with van der Waals surface area (Å²) in [6, 6.07) is 0. The number of unbranched alkanes of at least 4 members (excludes halogenated alkanes) is 10. The smallest absolute Gasteiger partial charge is 0.216 e. The molecule has 0 aliphatic heterocycles. The number of halogens is 1. The average molecular weight is 373 g/mol. The van der Waals surface area contributed by atoms with E-state index in [1.165, 1.54) is 70.6 Å². The lowest BCUT2D eigenvalue weighted by molar-refractivity contribution is 0.438. The number of hydrogen-bond donors (Lipinski definition) is 0. The van der Waals surface area contributed by atoms with E-state index in [4.69, 9.17) is 4.42 Å². The average Bonchev–Trinajstić information content (AvgIpc) is 2.98. The topological polar surface area (TPSA) is 38.9 Å². The number of hydrogen-bond acceptors (Lipinski definition) is 3. The molecule has 0 bridgehead atoms. The molecule has 0 atom stereocenters. The Morgan fingerprint density at radius 3 is 1.64 bits per heavy atom. The van der Waals surface area contributed by atoms with Crippen molar-refractivity contribution in [2.45, 2.75) is 96.8 Å². The Hall–Kier alpha value is -0.380. The van der Waals surface area contributed by atoms with E-state index in [1.807, 2.05) is 0 Å². The molecule has 0 N–H and O–H groups in total. The molecule has 0 amide bonds. The second-order valence-corrected chi connectivity index (χ2v) is 6.96. The minimum atomic E-state index is 0.789. The van der Waals surface area contributed by atoms with Crippen molar-refractivity contribution in [2.24, 2.45) is 0 Å². The summed E-state index contributed by atoms with van der Waals surface area (Å²) in [7, 11) is 0. The van der Waals surface area contributed by atoms with Gasteiger partial charge in [0.15, 0.2) is 0 Å². The highest BCUT2D eigenvalue weighted by molar-refractivity contribution is 9.09. The largest absolute Gasteiger partial charge is 0.425 e. The van der Waals surface area contributed by atoms with Gasteiger partial charge in [0, 0.05) is 18.2 Å². The van der Waals surface area contributed by atoms with Crippen LogP contribution in [-0.2, 0) is 12.8 Å². The van der Waals surface area contributed by atoms with Crippen molar-refractivity contribution in [3.05, 3.63) is 11.8 Å². The minimum absolute atomic E-state index is 0.789. The number of nitrogens with zero attached hydrogens (tertiary/aromatic N) is 2. The zero-order valence-electron chi connectivity index (χ0n) is 14.3. The predicted molar refractivity (Wildman–Crippen MR) is 96.6 cm³/mol. The van der Waals surface area contributed by atoms with Crippen LogP contribution < -0.4 is 0 Å². The first-order chi connectivity index (χ1) is 10.9. The Morgan fingerprint density at radius 2 is 1.14 bits per heavy atom. The lowest BCUT2D eigenvalue weighted by Crippen LogP contribution is -1.87. The van der Waals surface area contributed by atoms with E-state index in [0.717, 1.165) is 36.4 Å². The molecule has 0 aliphatic rings. The summed E-state index contributed by atoms with van der Waals surface area (Å²) >= 11 is 3.42. The van der Waals surface area contributed by atoms with E-state index < -0.39 is 0 Å². The van der Waals surface area contributed by atoms with E-state index in [-0.39, 0.29) is 0 Å². The van der Waals surface area contributed by atoms with Gasteiger partial charge in [-0.05, 0) is 12.8 Å². The molecule has 0 radical (unpaired) electrons. The molecule has 0 aliphatic carbocycles. The summed E-state index contributed by atoms with van der Waals surface area (Å²) in [5, 5.41) is 9.20. The predicted octanol–water partition coefficient (Wildman–Crippen LogP) is 6.25. The van der Waals surface area contributed by atoms with Crippen LogP contribution in [0.1, 0.15) is 95.8 Å². The van der Waals surface area contributed by atoms with Crippen molar-refractivity contribution in [1.29, 1.82) is 0 Å². The quantitative estimate of drug-likeness (QED) is 0.269. The van der Waals surface area contributed by atoms with Crippen molar-refractivity contribution in [3.63, 3.8) is 0 Å². The molecule has 1 rings (SSSR count). The summed E-state index contributed by atoms with van der Waals surface area (Å²) < 4.78 is 5.63. The Labute approximate surface area is 144 Å². The van der Waals surface area contributed by atoms with Gasteiger partial charge in [-0.15, -0.1) is 10.2 Å². The lowest BCUT2D eigenvalue weighted by atomic mass is 10.1. The highest BCUT2D eigenvalue weighted by atomic mass is 79.9. The van der Waals surface area contributed by atoms with Gasteiger partial charge >= 0.3 is 0 Å². The highest BCUT2D eigenvalue weighted by Gasteiger charge is 2.05. The molecule has 1 aromatic heterocycles. The summed E-state index contributed by atoms with van der Waals surface area (Å²) in [6.07, 6.45) is 18.0. The van der Waals surface area contributed by atoms with Crippen molar-refractivity contribution in [3.8, 4) is 0 Å². The third-order valence-electron chi connectivity index (χ3n) is 4.03. The number of rotatable bonds is 15. The molecular formula is C18H33BrN2O. The minimum Gasteiger partial charge on any atom is -0.425 e. The highest BCUT2D eigenvalue weighted by Crippen LogP contribution is 2.13. The van der Waals surface area contributed by atoms with Gasteiger partial charge in [0.25, 0.3) is 0 Å². The third kappa shape index (κ3) is 10.4. The molecule has 0 spiro atoms. The number of aryl methyl sites for hydroxylation is 2. The molecule has 1 aromatic rings. The fourth-order valence-electron chi connectivity index (χ4n) is 2.65. The summed E-state index contributed by atoms with van der Waals surface area (Å²) in [4.78, 5) is 0. The Kier molecular flexibility index (Phi) is 12.7. The van der Waals surface area contributed by atoms with Crippen molar-refractivity contribution in [1.82, 2.24) is 10.2 Å². The van der Waals surface area contributed by atoms with Crippen LogP contribution in [0, 0.1) is 0 Å². The Bertz CT molecular complexity index is 355. The second-order valence-electron chi connectivity index (χ2n) is 6.17. The zero-order chi connectivity index (χ0) is 15.9. The van der Waals surface area contributed by atoms with E-state index in [2.05, 4.69) is 33.1 Å². The van der Waals surface area contributed by atoms with Gasteiger partial charge in [-0.3, -0.25) is 0 Å². The number of alkyl halides is 1. The summed E-state index contributed by atoms with van der Waals surface area (Å²) in [6.45, 7) is 2.28. The van der Waals surface area contributed by atoms with Crippen LogP contribution in [0.25, 0.3) is 0 Å². The molecule has 1 heterocycles. The van der Waals surface area contributed by atoms with Gasteiger partial charge in [0.1, 0.15) is 0 Å².